The van der Waals surface area contributed by atoms with Gasteiger partial charge in [0.25, 0.3) is 0 Å². The quantitative estimate of drug-likeness (QED) is 0.847. The predicted octanol–water partition coefficient (Wildman–Crippen LogP) is 3.54. The normalized spacial score (nSPS) is 11.8. The zero-order chi connectivity index (χ0) is 15.4. The van der Waals surface area contributed by atoms with E-state index in [2.05, 4.69) is 10.6 Å². The van der Waals surface area contributed by atoms with Crippen LogP contribution in [-0.4, -0.2) is 11.9 Å². The van der Waals surface area contributed by atoms with Crippen molar-refractivity contribution in [2.45, 2.75) is 13.0 Å². The Morgan fingerprint density at radius 1 is 1.00 bits per heavy atom. The first-order valence-electron chi connectivity index (χ1n) is 6.25. The van der Waals surface area contributed by atoms with Crippen LogP contribution < -0.4 is 10.6 Å². The minimum Gasteiger partial charge on any atom is -0.374 e. The average molecular weight is 294 g/mol. The lowest BCUT2D eigenvalue weighted by molar-refractivity contribution is -0.116. The number of rotatable bonds is 4. The number of hydrogen-bond donors (Lipinski definition) is 2. The SMILES string of the molecule is C[C@H](Nc1ccccc1)C(=O)Nc1ccc(F)c(F)c1F. The van der Waals surface area contributed by atoms with E-state index >= 15 is 0 Å². The Labute approximate surface area is 119 Å². The molecule has 0 unspecified atom stereocenters. The second-order valence-electron chi connectivity index (χ2n) is 4.44. The molecular weight excluding hydrogens is 281 g/mol. The third-order valence-electron chi connectivity index (χ3n) is 2.84. The van der Waals surface area contributed by atoms with Crippen molar-refractivity contribution in [3.63, 3.8) is 0 Å². The highest BCUT2D eigenvalue weighted by Gasteiger charge is 2.18. The zero-order valence-corrected chi connectivity index (χ0v) is 11.2. The molecule has 0 saturated carbocycles. The monoisotopic (exact) mass is 294 g/mol. The minimum absolute atomic E-state index is 0.402. The summed E-state index contributed by atoms with van der Waals surface area (Å²) in [5, 5.41) is 5.12. The van der Waals surface area contributed by atoms with E-state index in [0.29, 0.717) is 5.69 Å². The number of amides is 1. The van der Waals surface area contributed by atoms with Gasteiger partial charge in [0, 0.05) is 5.69 Å². The molecule has 110 valence electrons. The molecule has 2 N–H and O–H groups in total. The summed E-state index contributed by atoms with van der Waals surface area (Å²) in [5.74, 6) is -4.91. The van der Waals surface area contributed by atoms with Crippen LogP contribution in [0.25, 0.3) is 0 Å². The molecule has 2 rings (SSSR count). The van der Waals surface area contributed by atoms with E-state index in [1.165, 1.54) is 0 Å². The summed E-state index contributed by atoms with van der Waals surface area (Å²) >= 11 is 0. The fraction of sp³-hybridized carbons (Fsp3) is 0.133. The molecule has 1 amide bonds. The Hall–Kier alpha value is -2.50. The van der Waals surface area contributed by atoms with Gasteiger partial charge in [-0.3, -0.25) is 4.79 Å². The maximum Gasteiger partial charge on any atom is 0.246 e. The summed E-state index contributed by atoms with van der Waals surface area (Å²) in [5.41, 5.74) is 0.312. The maximum atomic E-state index is 13.5. The lowest BCUT2D eigenvalue weighted by Gasteiger charge is -2.15. The van der Waals surface area contributed by atoms with Crippen LogP contribution in [0.5, 0.6) is 0 Å². The molecule has 0 aromatic heterocycles. The van der Waals surface area contributed by atoms with Crippen LogP contribution in [-0.2, 0) is 4.79 Å². The number of nitrogens with one attached hydrogen (secondary N) is 2. The summed E-state index contributed by atoms with van der Waals surface area (Å²) in [4.78, 5) is 11.9. The standard InChI is InChI=1S/C15H13F3N2O/c1-9(19-10-5-3-2-4-6-10)15(21)20-12-8-7-11(16)13(17)14(12)18/h2-9,19H,1H3,(H,20,21)/t9-/m0/s1. The lowest BCUT2D eigenvalue weighted by Crippen LogP contribution is -2.32. The highest BCUT2D eigenvalue weighted by molar-refractivity contribution is 5.96. The van der Waals surface area contributed by atoms with Crippen molar-refractivity contribution >= 4 is 17.3 Å². The Kier molecular flexibility index (Phi) is 4.47. The van der Waals surface area contributed by atoms with Gasteiger partial charge in [-0.1, -0.05) is 18.2 Å². The van der Waals surface area contributed by atoms with Crippen molar-refractivity contribution < 1.29 is 18.0 Å². The third kappa shape index (κ3) is 3.53. The molecule has 0 aliphatic heterocycles. The third-order valence-corrected chi connectivity index (χ3v) is 2.84. The van der Waals surface area contributed by atoms with Crippen molar-refractivity contribution in [3.8, 4) is 0 Å². The molecule has 0 radical (unpaired) electrons. The fourth-order valence-corrected chi connectivity index (χ4v) is 1.71. The van der Waals surface area contributed by atoms with Gasteiger partial charge in [0.2, 0.25) is 5.91 Å². The Bertz CT molecular complexity index is 647. The largest absolute Gasteiger partial charge is 0.374 e. The molecule has 0 bridgehead atoms. The summed E-state index contributed by atoms with van der Waals surface area (Å²) < 4.78 is 39.3. The first kappa shape index (κ1) is 14.9. The molecule has 2 aromatic rings. The van der Waals surface area contributed by atoms with Gasteiger partial charge in [-0.15, -0.1) is 0 Å². The van der Waals surface area contributed by atoms with E-state index in [4.69, 9.17) is 0 Å². The number of carbonyl (C=O) groups excluding carboxylic acids is 1. The predicted molar refractivity (Wildman–Crippen MR) is 74.5 cm³/mol. The van der Waals surface area contributed by atoms with Gasteiger partial charge in [0.05, 0.1) is 5.69 Å². The van der Waals surface area contributed by atoms with Crippen molar-refractivity contribution in [2.75, 3.05) is 10.6 Å². The first-order valence-corrected chi connectivity index (χ1v) is 6.25. The van der Waals surface area contributed by atoms with E-state index in [9.17, 15) is 18.0 Å². The van der Waals surface area contributed by atoms with Gasteiger partial charge in [0.15, 0.2) is 17.5 Å². The van der Waals surface area contributed by atoms with E-state index < -0.39 is 35.1 Å². The molecule has 0 aliphatic carbocycles. The molecule has 6 heteroatoms. The van der Waals surface area contributed by atoms with E-state index in [0.717, 1.165) is 12.1 Å². The number of para-hydroxylation sites is 1. The Morgan fingerprint density at radius 3 is 2.33 bits per heavy atom. The number of carbonyl (C=O) groups is 1. The number of anilines is 2. The van der Waals surface area contributed by atoms with E-state index in [1.54, 1.807) is 31.2 Å². The number of hydrogen-bond acceptors (Lipinski definition) is 2. The Morgan fingerprint density at radius 2 is 1.67 bits per heavy atom. The summed E-state index contributed by atoms with van der Waals surface area (Å²) in [6, 6.07) is 9.99. The fourth-order valence-electron chi connectivity index (χ4n) is 1.71. The van der Waals surface area contributed by atoms with Gasteiger partial charge in [-0.25, -0.2) is 13.2 Å². The highest BCUT2D eigenvalue weighted by atomic mass is 19.2. The molecular formula is C15H13F3N2O. The zero-order valence-electron chi connectivity index (χ0n) is 11.2. The van der Waals surface area contributed by atoms with Crippen LogP contribution in [0.1, 0.15) is 6.92 Å². The van der Waals surface area contributed by atoms with Crippen LogP contribution in [0, 0.1) is 17.5 Å². The molecule has 0 heterocycles. The maximum absolute atomic E-state index is 13.5. The molecule has 3 nitrogen and oxygen atoms in total. The van der Waals surface area contributed by atoms with Gasteiger partial charge in [-0.2, -0.15) is 0 Å². The second kappa shape index (κ2) is 6.30. The summed E-state index contributed by atoms with van der Waals surface area (Å²) in [7, 11) is 0. The molecule has 0 fully saturated rings. The van der Waals surface area contributed by atoms with Crippen molar-refractivity contribution in [1.29, 1.82) is 0 Å². The summed E-state index contributed by atoms with van der Waals surface area (Å²) in [6.07, 6.45) is 0. The number of halogens is 3. The van der Waals surface area contributed by atoms with Crippen molar-refractivity contribution in [1.82, 2.24) is 0 Å². The van der Waals surface area contributed by atoms with Gasteiger partial charge in [0.1, 0.15) is 6.04 Å². The van der Waals surface area contributed by atoms with Crippen LogP contribution in [0.3, 0.4) is 0 Å². The van der Waals surface area contributed by atoms with Gasteiger partial charge in [-0.05, 0) is 31.2 Å². The van der Waals surface area contributed by atoms with Crippen molar-refractivity contribution in [2.24, 2.45) is 0 Å². The molecule has 21 heavy (non-hydrogen) atoms. The van der Waals surface area contributed by atoms with E-state index in [1.807, 2.05) is 6.07 Å². The molecule has 0 aliphatic rings. The van der Waals surface area contributed by atoms with Crippen LogP contribution >= 0.6 is 0 Å². The highest BCUT2D eigenvalue weighted by Crippen LogP contribution is 2.20. The summed E-state index contributed by atoms with van der Waals surface area (Å²) in [6.45, 7) is 1.57. The smallest absolute Gasteiger partial charge is 0.246 e. The number of benzene rings is 2. The molecule has 1 atom stereocenters. The van der Waals surface area contributed by atoms with Crippen LogP contribution in [0.2, 0.25) is 0 Å². The first-order chi connectivity index (χ1) is 9.99. The second-order valence-corrected chi connectivity index (χ2v) is 4.44. The topological polar surface area (TPSA) is 41.1 Å². The van der Waals surface area contributed by atoms with E-state index in [-0.39, 0.29) is 0 Å². The lowest BCUT2D eigenvalue weighted by atomic mass is 10.2. The Balaban J connectivity index is 2.06. The minimum atomic E-state index is -1.61. The van der Waals surface area contributed by atoms with Crippen LogP contribution in [0.15, 0.2) is 42.5 Å². The van der Waals surface area contributed by atoms with Gasteiger partial charge < -0.3 is 10.6 Å². The average Bonchev–Trinajstić information content (AvgIpc) is 2.48. The van der Waals surface area contributed by atoms with Gasteiger partial charge >= 0.3 is 0 Å². The van der Waals surface area contributed by atoms with Crippen molar-refractivity contribution in [3.05, 3.63) is 59.9 Å². The molecule has 0 saturated heterocycles. The molecule has 0 spiro atoms. The molecule has 2 aromatic carbocycles. The van der Waals surface area contributed by atoms with Crippen LogP contribution in [0.4, 0.5) is 24.5 Å².